The number of aromatic amines is 1. The van der Waals surface area contributed by atoms with E-state index < -0.39 is 0 Å². The Morgan fingerprint density at radius 3 is 3.11 bits per heavy atom. The second-order valence-corrected chi connectivity index (χ2v) is 5.80. The van der Waals surface area contributed by atoms with Gasteiger partial charge in [-0.15, -0.1) is 11.3 Å². The number of nitrogens with one attached hydrogen (secondary N) is 2. The number of hydrogen-bond donors (Lipinski definition) is 2. The summed E-state index contributed by atoms with van der Waals surface area (Å²) in [5.41, 5.74) is 0. The van der Waals surface area contributed by atoms with Crippen molar-refractivity contribution in [3.8, 4) is 0 Å². The molecule has 1 atom stereocenters. The van der Waals surface area contributed by atoms with E-state index in [-0.39, 0.29) is 11.9 Å². The summed E-state index contributed by atoms with van der Waals surface area (Å²) in [6.07, 6.45) is 7.58. The fraction of sp³-hybridized carbons (Fsp3) is 0.231. The van der Waals surface area contributed by atoms with Gasteiger partial charge in [0.2, 0.25) is 5.91 Å². The van der Waals surface area contributed by atoms with Crippen LogP contribution in [0.2, 0.25) is 0 Å². The number of halogens is 1. The molecule has 2 N–H and O–H groups in total. The van der Waals surface area contributed by atoms with Crippen LogP contribution in [0.25, 0.3) is 6.08 Å². The molecule has 2 heterocycles. The Labute approximate surface area is 124 Å². The first kappa shape index (κ1) is 14.0. The number of aromatic nitrogens is 2. The third-order valence-corrected chi connectivity index (χ3v) is 4.22. The van der Waals surface area contributed by atoms with Crippen molar-refractivity contribution in [1.29, 1.82) is 0 Å². The molecule has 2 aromatic rings. The molecule has 4 nitrogen and oxygen atoms in total. The van der Waals surface area contributed by atoms with Crippen LogP contribution in [-0.4, -0.2) is 15.9 Å². The highest BCUT2D eigenvalue weighted by molar-refractivity contribution is 9.10. The van der Waals surface area contributed by atoms with E-state index in [2.05, 4.69) is 31.2 Å². The van der Waals surface area contributed by atoms with Crippen LogP contribution in [0.1, 0.15) is 30.1 Å². The van der Waals surface area contributed by atoms with Crippen LogP contribution in [-0.2, 0) is 4.79 Å². The SMILES string of the molecule is CCC(NC(=O)/C=C/c1cc(Br)cs1)c1ncc[nH]1. The zero-order valence-electron chi connectivity index (χ0n) is 10.4. The van der Waals surface area contributed by atoms with Crippen molar-refractivity contribution < 1.29 is 4.79 Å². The molecular formula is C13H14BrN3OS. The molecule has 6 heteroatoms. The summed E-state index contributed by atoms with van der Waals surface area (Å²) in [5, 5.41) is 4.90. The number of carbonyl (C=O) groups is 1. The summed E-state index contributed by atoms with van der Waals surface area (Å²) < 4.78 is 1.03. The lowest BCUT2D eigenvalue weighted by atomic mass is 10.2. The number of hydrogen-bond acceptors (Lipinski definition) is 3. The monoisotopic (exact) mass is 339 g/mol. The van der Waals surface area contributed by atoms with E-state index in [4.69, 9.17) is 0 Å². The summed E-state index contributed by atoms with van der Waals surface area (Å²) in [4.78, 5) is 20.1. The molecule has 0 fully saturated rings. The van der Waals surface area contributed by atoms with E-state index in [0.29, 0.717) is 0 Å². The van der Waals surface area contributed by atoms with Gasteiger partial charge in [0.25, 0.3) is 0 Å². The normalized spacial score (nSPS) is 12.7. The van der Waals surface area contributed by atoms with E-state index in [0.717, 1.165) is 21.6 Å². The van der Waals surface area contributed by atoms with E-state index in [1.54, 1.807) is 35.9 Å². The highest BCUT2D eigenvalue weighted by Crippen LogP contribution is 2.20. The Balaban J connectivity index is 1.95. The van der Waals surface area contributed by atoms with Crippen molar-refractivity contribution in [1.82, 2.24) is 15.3 Å². The summed E-state index contributed by atoms with van der Waals surface area (Å²) in [6, 6.07) is 1.89. The molecule has 0 aliphatic heterocycles. The summed E-state index contributed by atoms with van der Waals surface area (Å²) in [5.74, 6) is 0.663. The molecule has 0 saturated carbocycles. The lowest BCUT2D eigenvalue weighted by Gasteiger charge is -2.12. The quantitative estimate of drug-likeness (QED) is 0.819. The number of rotatable bonds is 5. The summed E-state index contributed by atoms with van der Waals surface area (Å²) >= 11 is 4.96. The van der Waals surface area contributed by atoms with Crippen molar-refractivity contribution in [3.05, 3.63) is 45.1 Å². The lowest BCUT2D eigenvalue weighted by Crippen LogP contribution is -2.27. The minimum Gasteiger partial charge on any atom is -0.347 e. The van der Waals surface area contributed by atoms with Gasteiger partial charge in [0.1, 0.15) is 5.82 Å². The van der Waals surface area contributed by atoms with Crippen molar-refractivity contribution in [2.75, 3.05) is 0 Å². The molecule has 0 radical (unpaired) electrons. The number of imidazole rings is 1. The molecule has 100 valence electrons. The van der Waals surface area contributed by atoms with Crippen LogP contribution >= 0.6 is 27.3 Å². The highest BCUT2D eigenvalue weighted by Gasteiger charge is 2.12. The first-order chi connectivity index (χ1) is 9.19. The molecule has 2 rings (SSSR count). The fourth-order valence-electron chi connectivity index (χ4n) is 1.63. The van der Waals surface area contributed by atoms with Gasteiger partial charge in [0, 0.05) is 33.2 Å². The zero-order valence-corrected chi connectivity index (χ0v) is 12.8. The Bertz CT molecular complexity index is 562. The van der Waals surface area contributed by atoms with E-state index >= 15 is 0 Å². The molecule has 0 aliphatic carbocycles. The molecule has 19 heavy (non-hydrogen) atoms. The van der Waals surface area contributed by atoms with Crippen LogP contribution in [0, 0.1) is 0 Å². The summed E-state index contributed by atoms with van der Waals surface area (Å²) in [7, 11) is 0. The van der Waals surface area contributed by atoms with Gasteiger partial charge in [-0.05, 0) is 34.5 Å². The van der Waals surface area contributed by atoms with Crippen LogP contribution in [0.3, 0.4) is 0 Å². The fourth-order valence-corrected chi connectivity index (χ4v) is 2.96. The number of nitrogens with zero attached hydrogens (tertiary/aromatic N) is 1. The zero-order chi connectivity index (χ0) is 13.7. The molecule has 0 saturated heterocycles. The van der Waals surface area contributed by atoms with Gasteiger partial charge in [0.15, 0.2) is 0 Å². The Hall–Kier alpha value is -1.40. The predicted molar refractivity (Wildman–Crippen MR) is 80.8 cm³/mol. The number of H-pyrrole nitrogens is 1. The maximum Gasteiger partial charge on any atom is 0.244 e. The second kappa shape index (κ2) is 6.68. The minimum absolute atomic E-state index is 0.0813. The highest BCUT2D eigenvalue weighted by atomic mass is 79.9. The van der Waals surface area contributed by atoms with E-state index in [9.17, 15) is 4.79 Å². The minimum atomic E-state index is -0.118. The average molecular weight is 340 g/mol. The smallest absolute Gasteiger partial charge is 0.244 e. The molecular weight excluding hydrogens is 326 g/mol. The maximum atomic E-state index is 11.8. The van der Waals surface area contributed by atoms with Gasteiger partial charge in [-0.25, -0.2) is 4.98 Å². The topological polar surface area (TPSA) is 57.8 Å². The number of carbonyl (C=O) groups excluding carboxylic acids is 1. The second-order valence-electron chi connectivity index (χ2n) is 3.94. The first-order valence-corrected chi connectivity index (χ1v) is 7.58. The predicted octanol–water partition coefficient (Wildman–Crippen LogP) is 3.51. The average Bonchev–Trinajstić information content (AvgIpc) is 3.05. The van der Waals surface area contributed by atoms with Crippen molar-refractivity contribution in [2.45, 2.75) is 19.4 Å². The first-order valence-electron chi connectivity index (χ1n) is 5.91. The van der Waals surface area contributed by atoms with Crippen molar-refractivity contribution in [2.24, 2.45) is 0 Å². The van der Waals surface area contributed by atoms with Gasteiger partial charge in [-0.2, -0.15) is 0 Å². The van der Waals surface area contributed by atoms with E-state index in [1.165, 1.54) is 0 Å². The lowest BCUT2D eigenvalue weighted by molar-refractivity contribution is -0.117. The Kier molecular flexibility index (Phi) is 4.93. The van der Waals surface area contributed by atoms with Gasteiger partial charge in [0.05, 0.1) is 6.04 Å². The molecule has 1 unspecified atom stereocenters. The maximum absolute atomic E-state index is 11.8. The third-order valence-electron chi connectivity index (χ3n) is 2.56. The molecule has 1 amide bonds. The summed E-state index contributed by atoms with van der Waals surface area (Å²) in [6.45, 7) is 2.01. The van der Waals surface area contributed by atoms with Gasteiger partial charge >= 0.3 is 0 Å². The standard InChI is InChI=1S/C13H14BrN3OS/c1-2-11(13-15-5-6-16-13)17-12(18)4-3-10-7-9(14)8-19-10/h3-8,11H,2H2,1H3,(H,15,16)(H,17,18)/b4-3+. The molecule has 0 aliphatic rings. The third kappa shape index (κ3) is 4.04. The molecule has 0 spiro atoms. The Morgan fingerprint density at radius 1 is 1.68 bits per heavy atom. The van der Waals surface area contributed by atoms with Crippen LogP contribution in [0.4, 0.5) is 0 Å². The number of thiophene rings is 1. The van der Waals surface area contributed by atoms with E-state index in [1.807, 2.05) is 18.4 Å². The van der Waals surface area contributed by atoms with Gasteiger partial charge < -0.3 is 10.3 Å². The van der Waals surface area contributed by atoms with Crippen LogP contribution < -0.4 is 5.32 Å². The van der Waals surface area contributed by atoms with Crippen molar-refractivity contribution >= 4 is 39.2 Å². The number of amides is 1. The van der Waals surface area contributed by atoms with Crippen LogP contribution in [0.15, 0.2) is 34.4 Å². The largest absolute Gasteiger partial charge is 0.347 e. The van der Waals surface area contributed by atoms with Gasteiger partial charge in [-0.3, -0.25) is 4.79 Å². The van der Waals surface area contributed by atoms with Crippen LogP contribution in [0.5, 0.6) is 0 Å². The molecule has 0 aromatic carbocycles. The molecule has 2 aromatic heterocycles. The van der Waals surface area contributed by atoms with Gasteiger partial charge in [-0.1, -0.05) is 6.92 Å². The Morgan fingerprint density at radius 2 is 2.53 bits per heavy atom. The van der Waals surface area contributed by atoms with Crippen molar-refractivity contribution in [3.63, 3.8) is 0 Å². The molecule has 0 bridgehead atoms.